The van der Waals surface area contributed by atoms with Crippen LogP contribution in [0.3, 0.4) is 0 Å². The van der Waals surface area contributed by atoms with Gasteiger partial charge in [-0.25, -0.2) is 0 Å². The molecule has 0 aromatic heterocycles. The lowest BCUT2D eigenvalue weighted by molar-refractivity contribution is -0.0736. The van der Waals surface area contributed by atoms with Crippen LogP contribution >= 0.6 is 0 Å². The molecule has 0 saturated carbocycles. The fourth-order valence-corrected chi connectivity index (χ4v) is 1.17. The van der Waals surface area contributed by atoms with Crippen LogP contribution in [0.25, 0.3) is 0 Å². The molecule has 0 aromatic rings. The highest BCUT2D eigenvalue weighted by molar-refractivity contribution is 4.91. The number of rotatable bonds is 0. The lowest BCUT2D eigenvalue weighted by Gasteiger charge is -2.29. The van der Waals surface area contributed by atoms with E-state index in [-0.39, 0.29) is 6.35 Å². The molecule has 0 bridgehead atoms. The zero-order valence-electron chi connectivity index (χ0n) is 5.21. The van der Waals surface area contributed by atoms with Crippen LogP contribution in [0.2, 0.25) is 0 Å². The quantitative estimate of drug-likeness (QED) is 0.497. The van der Waals surface area contributed by atoms with Crippen LogP contribution < -0.4 is 5.32 Å². The summed E-state index contributed by atoms with van der Waals surface area (Å²) in [5, 5.41) is 3.08. The highest BCUT2D eigenvalue weighted by Gasteiger charge is 2.21. The predicted octanol–water partition coefficient (Wildman–Crippen LogP) is 0.0667. The largest absolute Gasteiger partial charge is 0.348 e. The van der Waals surface area contributed by atoms with E-state index in [4.69, 9.17) is 4.74 Å². The van der Waals surface area contributed by atoms with Gasteiger partial charge in [0.1, 0.15) is 0 Å². The van der Waals surface area contributed by atoms with E-state index >= 15 is 0 Å². The number of fused-ring (bicyclic) bond motifs is 1. The van der Waals surface area contributed by atoms with Gasteiger partial charge in [-0.2, -0.15) is 0 Å². The maximum absolute atomic E-state index is 5.35. The van der Waals surface area contributed by atoms with E-state index in [0.717, 1.165) is 19.6 Å². The smallest absolute Gasteiger partial charge is 0.207 e. The minimum Gasteiger partial charge on any atom is -0.348 e. The van der Waals surface area contributed by atoms with E-state index in [1.165, 1.54) is 0 Å². The normalized spacial score (nSPS) is 32.0. The van der Waals surface area contributed by atoms with Gasteiger partial charge in [0.25, 0.3) is 0 Å². The van der Waals surface area contributed by atoms with Gasteiger partial charge in [-0.3, -0.25) is 0 Å². The summed E-state index contributed by atoms with van der Waals surface area (Å²) in [6, 6.07) is 0. The lowest BCUT2D eigenvalue weighted by atomic mass is 10.4. The molecule has 0 radical (unpaired) electrons. The maximum Gasteiger partial charge on any atom is 0.207 e. The molecular formula is C6H10N2O. The molecule has 2 heterocycles. The van der Waals surface area contributed by atoms with Gasteiger partial charge in [0.2, 0.25) is 6.35 Å². The van der Waals surface area contributed by atoms with Gasteiger partial charge in [-0.15, -0.1) is 0 Å². The van der Waals surface area contributed by atoms with Crippen LogP contribution in [-0.2, 0) is 4.74 Å². The van der Waals surface area contributed by atoms with Crippen LogP contribution in [0.5, 0.6) is 0 Å². The van der Waals surface area contributed by atoms with E-state index in [9.17, 15) is 0 Å². The molecule has 2 aliphatic rings. The fourth-order valence-electron chi connectivity index (χ4n) is 1.17. The Morgan fingerprint density at radius 1 is 1.67 bits per heavy atom. The Bertz CT molecular complexity index is 135. The van der Waals surface area contributed by atoms with Crippen molar-refractivity contribution < 1.29 is 4.74 Å². The summed E-state index contributed by atoms with van der Waals surface area (Å²) in [5.41, 5.74) is 0. The van der Waals surface area contributed by atoms with Gasteiger partial charge in [0.15, 0.2) is 0 Å². The van der Waals surface area contributed by atoms with Crippen molar-refractivity contribution in [1.29, 1.82) is 0 Å². The van der Waals surface area contributed by atoms with Gasteiger partial charge in [-0.1, -0.05) is 0 Å². The molecule has 1 atom stereocenters. The number of hydrogen-bond donors (Lipinski definition) is 1. The van der Waals surface area contributed by atoms with Gasteiger partial charge < -0.3 is 15.0 Å². The third kappa shape index (κ3) is 0.772. The summed E-state index contributed by atoms with van der Waals surface area (Å²) < 4.78 is 5.35. The van der Waals surface area contributed by atoms with Crippen LogP contribution in [0, 0.1) is 0 Å². The number of nitrogens with zero attached hydrogens (tertiary/aromatic N) is 1. The van der Waals surface area contributed by atoms with E-state index in [1.54, 1.807) is 0 Å². The molecule has 50 valence electrons. The van der Waals surface area contributed by atoms with Crippen LogP contribution in [0.15, 0.2) is 12.4 Å². The topological polar surface area (TPSA) is 24.5 Å². The third-order valence-corrected chi connectivity index (χ3v) is 1.64. The fraction of sp³-hybridized carbons (Fsp3) is 0.667. The highest BCUT2D eigenvalue weighted by atomic mass is 16.5. The van der Waals surface area contributed by atoms with Crippen molar-refractivity contribution in [1.82, 2.24) is 10.2 Å². The molecule has 3 heteroatoms. The Balaban J connectivity index is 2.03. The van der Waals surface area contributed by atoms with Gasteiger partial charge in [0.05, 0.1) is 6.61 Å². The maximum atomic E-state index is 5.35. The van der Waals surface area contributed by atoms with E-state index in [0.29, 0.717) is 0 Å². The molecule has 1 fully saturated rings. The average Bonchev–Trinajstić information content (AvgIpc) is 2.33. The standard InChI is InChI=1S/C6H10N2O/c1-3-8-4-2-7-6(8)9-5-1/h2,4,6-7H,1,3,5H2. The first-order valence-corrected chi connectivity index (χ1v) is 3.27. The lowest BCUT2D eigenvalue weighted by Crippen LogP contribution is -2.42. The van der Waals surface area contributed by atoms with E-state index in [1.807, 2.05) is 12.4 Å². The minimum atomic E-state index is 0.138. The van der Waals surface area contributed by atoms with Crippen LogP contribution in [0.1, 0.15) is 6.42 Å². The molecule has 2 rings (SSSR count). The first-order chi connectivity index (χ1) is 4.47. The highest BCUT2D eigenvalue weighted by Crippen LogP contribution is 2.11. The molecule has 0 amide bonds. The van der Waals surface area contributed by atoms with Crippen LogP contribution in [-0.4, -0.2) is 24.4 Å². The van der Waals surface area contributed by atoms with Crippen LogP contribution in [0.4, 0.5) is 0 Å². The van der Waals surface area contributed by atoms with Gasteiger partial charge in [0, 0.05) is 18.9 Å². The second kappa shape index (κ2) is 1.92. The summed E-state index contributed by atoms with van der Waals surface area (Å²) in [5.74, 6) is 0. The molecule has 2 aliphatic heterocycles. The summed E-state index contributed by atoms with van der Waals surface area (Å²) in [4.78, 5) is 2.16. The first kappa shape index (κ1) is 5.11. The molecule has 1 N–H and O–H groups in total. The zero-order chi connectivity index (χ0) is 6.10. The Kier molecular flexibility index (Phi) is 1.09. The molecule has 9 heavy (non-hydrogen) atoms. The van der Waals surface area contributed by atoms with Crippen molar-refractivity contribution in [3.63, 3.8) is 0 Å². The Labute approximate surface area is 54.3 Å². The monoisotopic (exact) mass is 126 g/mol. The predicted molar refractivity (Wildman–Crippen MR) is 33.3 cm³/mol. The SMILES string of the molecule is C1=CN2CCCOC2N1. The number of hydrogen-bond acceptors (Lipinski definition) is 3. The van der Waals surface area contributed by atoms with Gasteiger partial charge in [-0.05, 0) is 6.42 Å². The van der Waals surface area contributed by atoms with Crippen molar-refractivity contribution in [2.75, 3.05) is 13.2 Å². The summed E-state index contributed by atoms with van der Waals surface area (Å²) in [6.07, 6.45) is 5.24. The van der Waals surface area contributed by atoms with Gasteiger partial charge >= 0.3 is 0 Å². The Morgan fingerprint density at radius 3 is 3.56 bits per heavy atom. The molecule has 0 spiro atoms. The zero-order valence-corrected chi connectivity index (χ0v) is 5.21. The van der Waals surface area contributed by atoms with Crippen molar-refractivity contribution in [2.45, 2.75) is 12.8 Å². The van der Waals surface area contributed by atoms with Crippen molar-refractivity contribution in [3.05, 3.63) is 12.4 Å². The van der Waals surface area contributed by atoms with E-state index < -0.39 is 0 Å². The average molecular weight is 126 g/mol. The second-order valence-electron chi connectivity index (χ2n) is 2.30. The van der Waals surface area contributed by atoms with E-state index in [2.05, 4.69) is 10.2 Å². The Morgan fingerprint density at radius 2 is 2.67 bits per heavy atom. The minimum absolute atomic E-state index is 0.138. The molecule has 1 unspecified atom stereocenters. The molecule has 1 saturated heterocycles. The number of ether oxygens (including phenoxy) is 1. The van der Waals surface area contributed by atoms with Crippen molar-refractivity contribution >= 4 is 0 Å². The summed E-state index contributed by atoms with van der Waals surface area (Å²) in [7, 11) is 0. The molecule has 3 nitrogen and oxygen atoms in total. The molecule has 0 aliphatic carbocycles. The van der Waals surface area contributed by atoms with Crippen molar-refractivity contribution in [2.24, 2.45) is 0 Å². The summed E-state index contributed by atoms with van der Waals surface area (Å²) in [6.45, 7) is 2.00. The first-order valence-electron chi connectivity index (χ1n) is 3.27. The molecular weight excluding hydrogens is 116 g/mol. The Hall–Kier alpha value is -0.700. The summed E-state index contributed by atoms with van der Waals surface area (Å²) >= 11 is 0. The number of nitrogens with one attached hydrogen (secondary N) is 1. The molecule has 0 aromatic carbocycles. The van der Waals surface area contributed by atoms with Crippen molar-refractivity contribution in [3.8, 4) is 0 Å². The third-order valence-electron chi connectivity index (χ3n) is 1.64. The second-order valence-corrected chi connectivity index (χ2v) is 2.30.